The lowest BCUT2D eigenvalue weighted by molar-refractivity contribution is 0.319. The van der Waals surface area contributed by atoms with E-state index < -0.39 is 0 Å². The van der Waals surface area contributed by atoms with Crippen LogP contribution in [0.5, 0.6) is 0 Å². The van der Waals surface area contributed by atoms with Crippen LogP contribution < -0.4 is 5.73 Å². The van der Waals surface area contributed by atoms with Gasteiger partial charge < -0.3 is 5.73 Å². The number of benzene rings is 1. The van der Waals surface area contributed by atoms with Crippen LogP contribution in [-0.4, -0.2) is 29.5 Å². The lowest BCUT2D eigenvalue weighted by Gasteiger charge is -2.16. The van der Waals surface area contributed by atoms with Gasteiger partial charge in [0.25, 0.3) is 0 Å². The fourth-order valence-electron chi connectivity index (χ4n) is 3.35. The summed E-state index contributed by atoms with van der Waals surface area (Å²) in [7, 11) is 0. The van der Waals surface area contributed by atoms with Crippen molar-refractivity contribution in [2.45, 2.75) is 38.6 Å². The van der Waals surface area contributed by atoms with Gasteiger partial charge in [0.1, 0.15) is 0 Å². The summed E-state index contributed by atoms with van der Waals surface area (Å²) in [5.74, 6) is 1.10. The van der Waals surface area contributed by atoms with Gasteiger partial charge in [0, 0.05) is 42.0 Å². The molecule has 2 aromatic rings. The van der Waals surface area contributed by atoms with Crippen molar-refractivity contribution in [2.75, 3.05) is 19.6 Å². The fraction of sp³-hybridized carbons (Fsp3) is 0.526. The molecule has 0 spiro atoms. The number of aromatic nitrogens is 1. The minimum Gasteiger partial charge on any atom is -0.330 e. The lowest BCUT2D eigenvalue weighted by atomic mass is 9.89. The molecule has 1 aliphatic rings. The van der Waals surface area contributed by atoms with Crippen molar-refractivity contribution in [1.82, 2.24) is 9.88 Å². The molecule has 0 aliphatic carbocycles. The monoisotopic (exact) mass is 365 g/mol. The van der Waals surface area contributed by atoms with E-state index in [9.17, 15) is 0 Å². The van der Waals surface area contributed by atoms with Crippen molar-refractivity contribution in [3.63, 3.8) is 0 Å². The van der Waals surface area contributed by atoms with E-state index in [4.69, 9.17) is 5.73 Å². The van der Waals surface area contributed by atoms with Gasteiger partial charge in [-0.3, -0.25) is 4.90 Å². The Morgan fingerprint density at radius 1 is 1.21 bits per heavy atom. The highest BCUT2D eigenvalue weighted by molar-refractivity contribution is 7.11. The van der Waals surface area contributed by atoms with Gasteiger partial charge in [0.15, 0.2) is 0 Å². The Labute approximate surface area is 155 Å². The number of rotatable bonds is 4. The van der Waals surface area contributed by atoms with Gasteiger partial charge in [-0.2, -0.15) is 0 Å². The number of hydrogen-bond donors (Lipinski definition) is 1. The van der Waals surface area contributed by atoms with Crippen molar-refractivity contribution in [3.05, 3.63) is 52.0 Å². The van der Waals surface area contributed by atoms with E-state index in [1.165, 1.54) is 15.4 Å². The van der Waals surface area contributed by atoms with E-state index in [1.54, 1.807) is 0 Å². The quantitative estimate of drug-likeness (QED) is 0.889. The third-order valence-corrected chi connectivity index (χ3v) is 6.03. The zero-order valence-corrected chi connectivity index (χ0v) is 16.4. The second kappa shape index (κ2) is 7.96. The van der Waals surface area contributed by atoms with E-state index in [1.807, 2.05) is 11.3 Å². The van der Waals surface area contributed by atoms with Crippen LogP contribution in [0.4, 0.5) is 0 Å². The first-order chi connectivity index (χ1) is 11.0. The van der Waals surface area contributed by atoms with Crippen LogP contribution in [0, 0.1) is 5.92 Å². The van der Waals surface area contributed by atoms with Crippen LogP contribution in [0.15, 0.2) is 36.5 Å². The molecular formula is C19H28ClN3S. The van der Waals surface area contributed by atoms with Gasteiger partial charge in [-0.05, 0) is 18.0 Å². The summed E-state index contributed by atoms with van der Waals surface area (Å²) < 4.78 is 0. The normalized spacial score (nSPS) is 21.7. The summed E-state index contributed by atoms with van der Waals surface area (Å²) in [6.07, 6.45) is 2.05. The topological polar surface area (TPSA) is 42.2 Å². The first kappa shape index (κ1) is 19.4. The summed E-state index contributed by atoms with van der Waals surface area (Å²) in [5.41, 5.74) is 7.60. The Kier molecular flexibility index (Phi) is 6.43. The third kappa shape index (κ3) is 4.37. The molecule has 1 saturated heterocycles. The highest BCUT2D eigenvalue weighted by Gasteiger charge is 2.33. The van der Waals surface area contributed by atoms with Crippen molar-refractivity contribution < 1.29 is 0 Å². The minimum absolute atomic E-state index is 0. The van der Waals surface area contributed by atoms with Gasteiger partial charge in [-0.25, -0.2) is 4.98 Å². The van der Waals surface area contributed by atoms with Gasteiger partial charge >= 0.3 is 0 Å². The molecule has 0 saturated carbocycles. The summed E-state index contributed by atoms with van der Waals surface area (Å²) in [5, 5.41) is 1.22. The molecule has 1 aromatic heterocycles. The molecule has 3 nitrogen and oxygen atoms in total. The highest BCUT2D eigenvalue weighted by atomic mass is 35.5. The molecule has 1 aromatic carbocycles. The number of hydrogen-bond acceptors (Lipinski definition) is 4. The summed E-state index contributed by atoms with van der Waals surface area (Å²) in [6.45, 7) is 10.6. The number of halogens is 1. The molecule has 2 heterocycles. The molecule has 24 heavy (non-hydrogen) atoms. The van der Waals surface area contributed by atoms with Crippen LogP contribution in [0.1, 0.15) is 42.1 Å². The van der Waals surface area contributed by atoms with Crippen LogP contribution in [-0.2, 0) is 12.0 Å². The second-order valence-corrected chi connectivity index (χ2v) is 8.70. The molecule has 3 rings (SSSR count). The maximum Gasteiger partial charge on any atom is 0.0981 e. The molecule has 0 amide bonds. The lowest BCUT2D eigenvalue weighted by Crippen LogP contribution is -2.22. The number of nitrogens with zero attached hydrogens (tertiary/aromatic N) is 2. The average Bonchev–Trinajstić information content (AvgIpc) is 3.15. The van der Waals surface area contributed by atoms with Crippen LogP contribution in [0.25, 0.3) is 0 Å². The van der Waals surface area contributed by atoms with Gasteiger partial charge in [0.2, 0.25) is 0 Å². The molecule has 1 fully saturated rings. The van der Waals surface area contributed by atoms with E-state index in [0.29, 0.717) is 11.8 Å². The Morgan fingerprint density at radius 3 is 2.50 bits per heavy atom. The van der Waals surface area contributed by atoms with Crippen molar-refractivity contribution in [1.29, 1.82) is 0 Å². The summed E-state index contributed by atoms with van der Waals surface area (Å²) >= 11 is 1.85. The molecule has 2 atom stereocenters. The Bertz CT molecular complexity index is 636. The highest BCUT2D eigenvalue weighted by Crippen LogP contribution is 2.34. The van der Waals surface area contributed by atoms with Crippen molar-refractivity contribution >= 4 is 23.7 Å². The van der Waals surface area contributed by atoms with Crippen LogP contribution in [0.3, 0.4) is 0 Å². The van der Waals surface area contributed by atoms with Crippen molar-refractivity contribution in [3.8, 4) is 0 Å². The fourth-order valence-corrected chi connectivity index (χ4v) is 4.37. The Morgan fingerprint density at radius 2 is 1.92 bits per heavy atom. The molecule has 0 bridgehead atoms. The standard InChI is InChI=1S/C19H27N3S.ClH/c1-19(2,3)18-21-10-16(23-18)12-22-11-15(9-20)17(13-22)14-7-5-4-6-8-14;/h4-8,10,15,17H,9,11-13,20H2,1-3H3;1H/t15-,17+;/m1./s1. The van der Waals surface area contributed by atoms with Gasteiger partial charge in [0.05, 0.1) is 5.01 Å². The Hall–Kier alpha value is -0.940. The summed E-state index contributed by atoms with van der Waals surface area (Å²) in [4.78, 5) is 8.51. The second-order valence-electron chi connectivity index (χ2n) is 7.59. The van der Waals surface area contributed by atoms with Crippen molar-refractivity contribution in [2.24, 2.45) is 11.7 Å². The zero-order valence-electron chi connectivity index (χ0n) is 14.7. The number of thiazole rings is 1. The maximum absolute atomic E-state index is 6.04. The van der Waals surface area contributed by atoms with E-state index >= 15 is 0 Å². The van der Waals surface area contributed by atoms with E-state index in [-0.39, 0.29) is 17.8 Å². The minimum atomic E-state index is 0. The molecule has 2 N–H and O–H groups in total. The van der Waals surface area contributed by atoms with Crippen LogP contribution >= 0.6 is 23.7 Å². The number of likely N-dealkylation sites (tertiary alicyclic amines) is 1. The first-order valence-corrected chi connectivity index (χ1v) is 9.21. The largest absolute Gasteiger partial charge is 0.330 e. The third-order valence-electron chi connectivity index (χ3n) is 4.62. The molecular weight excluding hydrogens is 338 g/mol. The van der Waals surface area contributed by atoms with Crippen LogP contribution in [0.2, 0.25) is 0 Å². The number of nitrogens with two attached hydrogens (primary N) is 1. The Balaban J connectivity index is 0.00000208. The predicted octanol–water partition coefficient (Wildman–Crippen LogP) is 4.04. The smallest absolute Gasteiger partial charge is 0.0981 e. The SMILES string of the molecule is CC(C)(C)c1ncc(CN2C[C@@H](CN)[C@H](c3ccccc3)C2)s1.Cl. The molecule has 0 radical (unpaired) electrons. The molecule has 1 aliphatic heterocycles. The van der Waals surface area contributed by atoms with E-state index in [2.05, 4.69) is 67.2 Å². The zero-order chi connectivity index (χ0) is 16.4. The molecule has 0 unspecified atom stereocenters. The molecule has 132 valence electrons. The average molecular weight is 366 g/mol. The van der Waals surface area contributed by atoms with Gasteiger partial charge in [-0.15, -0.1) is 23.7 Å². The van der Waals surface area contributed by atoms with Gasteiger partial charge in [-0.1, -0.05) is 51.1 Å². The molecule has 5 heteroatoms. The summed E-state index contributed by atoms with van der Waals surface area (Å²) in [6, 6.07) is 10.8. The maximum atomic E-state index is 6.04. The first-order valence-electron chi connectivity index (χ1n) is 8.40. The van der Waals surface area contributed by atoms with E-state index in [0.717, 1.165) is 26.2 Å². The predicted molar refractivity (Wildman–Crippen MR) is 105 cm³/mol.